The number of aromatic nitrogens is 2. The molecule has 0 amide bonds. The van der Waals surface area contributed by atoms with E-state index in [9.17, 15) is 9.59 Å². The van der Waals surface area contributed by atoms with Crippen molar-refractivity contribution in [1.29, 1.82) is 0 Å². The lowest BCUT2D eigenvalue weighted by Crippen LogP contribution is -2.30. The van der Waals surface area contributed by atoms with Crippen LogP contribution < -0.4 is 10.9 Å². The van der Waals surface area contributed by atoms with E-state index in [2.05, 4.69) is 42.0 Å². The summed E-state index contributed by atoms with van der Waals surface area (Å²) in [6.45, 7) is 8.28. The van der Waals surface area contributed by atoms with E-state index in [0.29, 0.717) is 24.4 Å². The number of aldehydes is 1. The van der Waals surface area contributed by atoms with Crippen LogP contribution in [-0.2, 0) is 11.2 Å². The van der Waals surface area contributed by atoms with Gasteiger partial charge in [-0.15, -0.1) is 0 Å². The maximum absolute atomic E-state index is 12.8. The second kappa shape index (κ2) is 11.5. The van der Waals surface area contributed by atoms with Crippen LogP contribution >= 0.6 is 11.8 Å². The molecule has 1 aromatic heterocycles. The average molecular weight is 428 g/mol. The SMILES string of the molecule is C=C(S/C(=C\CC)c1ccccc1)C(C)Nc1cnc2n(c1=O)C(C=O)CC2.CO. The number of carbonyl (C=O) groups is 1. The highest BCUT2D eigenvalue weighted by atomic mass is 32.2. The van der Waals surface area contributed by atoms with Gasteiger partial charge in [0.1, 0.15) is 17.8 Å². The van der Waals surface area contributed by atoms with Crippen molar-refractivity contribution in [2.24, 2.45) is 0 Å². The maximum atomic E-state index is 12.8. The third-order valence-electron chi connectivity index (χ3n) is 4.77. The normalized spacial score (nSPS) is 16.1. The molecule has 0 aliphatic carbocycles. The Morgan fingerprint density at radius 3 is 2.73 bits per heavy atom. The molecule has 2 heterocycles. The van der Waals surface area contributed by atoms with Crippen molar-refractivity contribution in [3.63, 3.8) is 0 Å². The summed E-state index contributed by atoms with van der Waals surface area (Å²) < 4.78 is 1.50. The number of anilines is 1. The number of aryl methyl sites for hydroxylation is 1. The molecule has 2 unspecified atom stereocenters. The molecular formula is C23H29N3O3S. The van der Waals surface area contributed by atoms with Gasteiger partial charge in [-0.1, -0.05) is 61.7 Å². The molecular weight excluding hydrogens is 398 g/mol. The summed E-state index contributed by atoms with van der Waals surface area (Å²) in [5.41, 5.74) is 1.35. The van der Waals surface area contributed by atoms with Crippen LogP contribution in [0.3, 0.4) is 0 Å². The molecule has 0 spiro atoms. The average Bonchev–Trinajstić information content (AvgIpc) is 3.21. The Balaban J connectivity index is 0.00000155. The highest BCUT2D eigenvalue weighted by Crippen LogP contribution is 2.35. The summed E-state index contributed by atoms with van der Waals surface area (Å²) in [4.78, 5) is 30.4. The molecule has 0 bridgehead atoms. The standard InChI is InChI=1S/C22H25N3O2S.CH4O/c1-4-8-20(17-9-6-5-7-10-17)28-16(3)15(2)24-19-13-23-21-12-11-18(14-26)25(21)22(19)27;1-2/h5-10,13-15,18,24H,3-4,11-12H2,1-2H3;2H,1H3/b20-8-;. The molecule has 2 N–H and O–H groups in total. The fraction of sp³-hybridized carbons (Fsp3) is 0.348. The number of carbonyl (C=O) groups excluding carboxylic acids is 1. The van der Waals surface area contributed by atoms with E-state index in [1.54, 1.807) is 18.0 Å². The topological polar surface area (TPSA) is 84.2 Å². The molecule has 1 aliphatic heterocycles. The van der Waals surface area contributed by atoms with Crippen LogP contribution in [0, 0.1) is 0 Å². The van der Waals surface area contributed by atoms with E-state index in [1.165, 1.54) is 4.57 Å². The molecule has 1 aliphatic rings. The molecule has 30 heavy (non-hydrogen) atoms. The van der Waals surface area contributed by atoms with E-state index in [1.807, 2.05) is 25.1 Å². The first kappa shape index (κ1) is 23.6. The number of hydrogen-bond donors (Lipinski definition) is 2. The van der Waals surface area contributed by atoms with Gasteiger partial charge < -0.3 is 15.2 Å². The van der Waals surface area contributed by atoms with E-state index in [-0.39, 0.29) is 11.6 Å². The Kier molecular flexibility index (Phi) is 9.08. The monoisotopic (exact) mass is 427 g/mol. The summed E-state index contributed by atoms with van der Waals surface area (Å²) >= 11 is 1.60. The largest absolute Gasteiger partial charge is 0.400 e. The van der Waals surface area contributed by atoms with E-state index in [4.69, 9.17) is 5.11 Å². The van der Waals surface area contributed by atoms with E-state index in [0.717, 1.165) is 35.2 Å². The summed E-state index contributed by atoms with van der Waals surface area (Å²) in [5, 5.41) is 10.2. The quantitative estimate of drug-likeness (QED) is 0.619. The third kappa shape index (κ3) is 5.49. The van der Waals surface area contributed by atoms with Crippen LogP contribution in [0.4, 0.5) is 5.69 Å². The van der Waals surface area contributed by atoms with E-state index >= 15 is 0 Å². The summed E-state index contributed by atoms with van der Waals surface area (Å²) in [6.07, 6.45) is 6.78. The fourth-order valence-corrected chi connectivity index (χ4v) is 4.24. The van der Waals surface area contributed by atoms with Crippen LogP contribution in [0.2, 0.25) is 0 Å². The zero-order valence-corrected chi connectivity index (χ0v) is 18.5. The van der Waals surface area contributed by atoms with Gasteiger partial charge in [0.15, 0.2) is 0 Å². The van der Waals surface area contributed by atoms with Gasteiger partial charge >= 0.3 is 0 Å². The third-order valence-corrected chi connectivity index (χ3v) is 6.00. The van der Waals surface area contributed by atoms with Gasteiger partial charge in [0.25, 0.3) is 5.56 Å². The number of benzene rings is 1. The number of allylic oxidation sites excluding steroid dienone is 1. The maximum Gasteiger partial charge on any atom is 0.277 e. The highest BCUT2D eigenvalue weighted by Gasteiger charge is 2.25. The lowest BCUT2D eigenvalue weighted by atomic mass is 10.2. The highest BCUT2D eigenvalue weighted by molar-refractivity contribution is 8.11. The minimum absolute atomic E-state index is 0.141. The molecule has 0 fully saturated rings. The van der Waals surface area contributed by atoms with Crippen molar-refractivity contribution in [3.05, 3.63) is 75.8 Å². The van der Waals surface area contributed by atoms with Gasteiger partial charge in [0.2, 0.25) is 0 Å². The Morgan fingerprint density at radius 1 is 1.40 bits per heavy atom. The molecule has 2 aromatic rings. The fourth-order valence-electron chi connectivity index (χ4n) is 3.21. The minimum Gasteiger partial charge on any atom is -0.400 e. The van der Waals surface area contributed by atoms with Crippen molar-refractivity contribution in [3.8, 4) is 0 Å². The van der Waals surface area contributed by atoms with Crippen LogP contribution in [-0.4, -0.2) is 34.1 Å². The summed E-state index contributed by atoms with van der Waals surface area (Å²) in [7, 11) is 1.00. The molecule has 6 nitrogen and oxygen atoms in total. The molecule has 3 rings (SSSR count). The molecule has 0 radical (unpaired) electrons. The first-order chi connectivity index (χ1) is 14.5. The van der Waals surface area contributed by atoms with Crippen LogP contribution in [0.5, 0.6) is 0 Å². The number of nitrogens with zero attached hydrogens (tertiary/aromatic N) is 2. The lowest BCUT2D eigenvalue weighted by molar-refractivity contribution is -0.110. The Hall–Kier alpha value is -2.64. The number of rotatable bonds is 8. The van der Waals surface area contributed by atoms with Crippen molar-refractivity contribution in [1.82, 2.24) is 9.55 Å². The van der Waals surface area contributed by atoms with Gasteiger partial charge in [0.05, 0.1) is 18.3 Å². The predicted molar refractivity (Wildman–Crippen MR) is 125 cm³/mol. The summed E-state index contributed by atoms with van der Waals surface area (Å²) in [5.74, 6) is 0.672. The number of thioether (sulfide) groups is 1. The number of aliphatic hydroxyl groups excluding tert-OH is 1. The van der Waals surface area contributed by atoms with Crippen molar-refractivity contribution < 1.29 is 9.90 Å². The molecule has 0 saturated heterocycles. The van der Waals surface area contributed by atoms with Gasteiger partial charge in [0, 0.05) is 23.3 Å². The van der Waals surface area contributed by atoms with Crippen molar-refractivity contribution in [2.45, 2.75) is 45.2 Å². The lowest BCUT2D eigenvalue weighted by Gasteiger charge is -2.19. The predicted octanol–water partition coefficient (Wildman–Crippen LogP) is 4.04. The molecule has 2 atom stereocenters. The van der Waals surface area contributed by atoms with Crippen LogP contribution in [0.15, 0.2) is 58.9 Å². The number of fused-ring (bicyclic) bond motifs is 1. The summed E-state index contributed by atoms with van der Waals surface area (Å²) in [6, 6.07) is 9.64. The first-order valence-corrected chi connectivity index (χ1v) is 10.8. The second-order valence-electron chi connectivity index (χ2n) is 6.78. The van der Waals surface area contributed by atoms with Crippen LogP contribution in [0.25, 0.3) is 4.91 Å². The number of hydrogen-bond acceptors (Lipinski definition) is 6. The van der Waals surface area contributed by atoms with Gasteiger partial charge in [-0.25, -0.2) is 4.98 Å². The molecule has 7 heteroatoms. The Bertz CT molecular complexity index is 954. The number of aliphatic hydroxyl groups is 1. The van der Waals surface area contributed by atoms with Gasteiger partial charge in [-0.3, -0.25) is 9.36 Å². The minimum atomic E-state index is -0.415. The molecule has 1 aromatic carbocycles. The Labute approximate surface area is 181 Å². The van der Waals surface area contributed by atoms with Gasteiger partial charge in [-0.2, -0.15) is 0 Å². The van der Waals surface area contributed by atoms with Crippen LogP contribution in [0.1, 0.15) is 44.1 Å². The number of nitrogens with one attached hydrogen (secondary N) is 1. The smallest absolute Gasteiger partial charge is 0.277 e. The van der Waals surface area contributed by atoms with Crippen molar-refractivity contribution >= 4 is 28.6 Å². The Morgan fingerprint density at radius 2 is 2.10 bits per heavy atom. The van der Waals surface area contributed by atoms with Crippen molar-refractivity contribution in [2.75, 3.05) is 12.4 Å². The first-order valence-electron chi connectivity index (χ1n) is 9.94. The zero-order chi connectivity index (χ0) is 22.1. The second-order valence-corrected chi connectivity index (χ2v) is 7.95. The van der Waals surface area contributed by atoms with Gasteiger partial charge in [-0.05, 0) is 25.3 Å². The zero-order valence-electron chi connectivity index (χ0n) is 17.7. The molecule has 0 saturated carbocycles. The van der Waals surface area contributed by atoms with E-state index < -0.39 is 6.04 Å². The molecule has 160 valence electrons.